The average Bonchev–Trinajstić information content (AvgIpc) is 2.92. The van der Waals surface area contributed by atoms with Gasteiger partial charge in [-0.2, -0.15) is 0 Å². The summed E-state index contributed by atoms with van der Waals surface area (Å²) in [6.45, 7) is 6.54. The van der Waals surface area contributed by atoms with Gasteiger partial charge in [0.05, 0.1) is 0 Å². The van der Waals surface area contributed by atoms with E-state index in [2.05, 4.69) is 18.7 Å². The molecule has 0 atom stereocenters. The van der Waals surface area contributed by atoms with Gasteiger partial charge in [-0.1, -0.05) is 113 Å². The number of nitrogens with zero attached hydrogens (tertiary/aromatic N) is 1. The molecule has 186 valence electrons. The zero-order valence-electron chi connectivity index (χ0n) is 21.4. The maximum Gasteiger partial charge on any atom is 0.230 e. The molecule has 0 spiro atoms. The van der Waals surface area contributed by atoms with Crippen molar-refractivity contribution in [2.75, 3.05) is 18.0 Å². The average molecular weight is 490 g/mol. The van der Waals surface area contributed by atoms with E-state index in [1.54, 1.807) is 24.3 Å². The summed E-state index contributed by atoms with van der Waals surface area (Å²) in [5.74, 6) is 0. The van der Waals surface area contributed by atoms with Crippen LogP contribution in [-0.2, 0) is 4.57 Å². The zero-order chi connectivity index (χ0) is 24.9. The smallest absolute Gasteiger partial charge is 0.230 e. The zero-order valence-corrected chi connectivity index (χ0v) is 22.3. The lowest BCUT2D eigenvalue weighted by Crippen LogP contribution is -2.26. The largest absolute Gasteiger partial charge is 0.372 e. The van der Waals surface area contributed by atoms with Crippen LogP contribution in [0.4, 0.5) is 5.69 Å². The Morgan fingerprint density at radius 2 is 1.09 bits per heavy atom. The van der Waals surface area contributed by atoms with Crippen LogP contribution in [0, 0.1) is 0 Å². The number of rotatable bonds is 15. The molecule has 0 fully saturated rings. The highest BCUT2D eigenvalue weighted by atomic mass is 31.2. The first kappa shape index (κ1) is 27.0. The summed E-state index contributed by atoms with van der Waals surface area (Å²) in [4.78, 5) is 16.2. The Hall–Kier alpha value is -2.64. The molecule has 0 aliphatic heterocycles. The van der Waals surface area contributed by atoms with Crippen molar-refractivity contribution in [3.05, 3.63) is 90.5 Å². The van der Waals surface area contributed by atoms with Gasteiger partial charge in [0.25, 0.3) is 0 Å². The van der Waals surface area contributed by atoms with Gasteiger partial charge in [0.1, 0.15) is 0 Å². The van der Waals surface area contributed by atoms with Crippen LogP contribution in [0.5, 0.6) is 0 Å². The predicted octanol–water partition coefficient (Wildman–Crippen LogP) is 7.81. The second-order valence-corrected chi connectivity index (χ2v) is 11.9. The van der Waals surface area contributed by atoms with Gasteiger partial charge in [-0.15, -0.1) is 0 Å². The van der Waals surface area contributed by atoms with Crippen LogP contribution in [0.25, 0.3) is 0 Å². The standard InChI is InChI=1S/C31H40NO2P/c1-3-5-7-15-25-32(26-16-8-6-4-2)28-23-21-27(22-24-28)31(33)35(34,29-17-11-9-12-18-29)30-19-13-10-14-20-30/h9-14,17-24H,3-8,15-16,25-26H2,1-2H3. The molecule has 0 unspecified atom stereocenters. The third-order valence-electron chi connectivity index (χ3n) is 6.57. The Bertz CT molecular complexity index is 1010. The van der Waals surface area contributed by atoms with E-state index in [-0.39, 0.29) is 5.52 Å². The fourth-order valence-corrected chi connectivity index (χ4v) is 6.95. The van der Waals surface area contributed by atoms with Gasteiger partial charge in [0, 0.05) is 34.9 Å². The summed E-state index contributed by atoms with van der Waals surface area (Å²) < 4.78 is 14.4. The van der Waals surface area contributed by atoms with E-state index < -0.39 is 7.14 Å². The number of carbonyl (C=O) groups is 1. The van der Waals surface area contributed by atoms with E-state index in [0.717, 1.165) is 18.8 Å². The van der Waals surface area contributed by atoms with Crippen molar-refractivity contribution >= 4 is 29.0 Å². The topological polar surface area (TPSA) is 37.4 Å². The molecule has 0 heterocycles. The van der Waals surface area contributed by atoms with Crippen LogP contribution in [0.15, 0.2) is 84.9 Å². The van der Waals surface area contributed by atoms with Crippen molar-refractivity contribution in [1.82, 2.24) is 0 Å². The molecule has 0 N–H and O–H groups in total. The van der Waals surface area contributed by atoms with E-state index in [9.17, 15) is 9.36 Å². The highest BCUT2D eigenvalue weighted by molar-refractivity contribution is 7.93. The van der Waals surface area contributed by atoms with Gasteiger partial charge < -0.3 is 9.46 Å². The normalized spacial score (nSPS) is 11.4. The van der Waals surface area contributed by atoms with Crippen molar-refractivity contribution < 1.29 is 9.36 Å². The fraction of sp³-hybridized carbons (Fsp3) is 0.387. The van der Waals surface area contributed by atoms with E-state index in [1.165, 1.54) is 51.4 Å². The fourth-order valence-electron chi connectivity index (χ4n) is 4.48. The summed E-state index contributed by atoms with van der Waals surface area (Å²) in [6.07, 6.45) is 9.86. The van der Waals surface area contributed by atoms with Gasteiger partial charge in [-0.25, -0.2) is 0 Å². The molecule has 0 bridgehead atoms. The quantitative estimate of drug-likeness (QED) is 0.161. The highest BCUT2D eigenvalue weighted by Gasteiger charge is 2.36. The van der Waals surface area contributed by atoms with Crippen LogP contribution in [0.2, 0.25) is 0 Å². The first-order valence-electron chi connectivity index (χ1n) is 13.2. The Balaban J connectivity index is 1.84. The lowest BCUT2D eigenvalue weighted by atomic mass is 10.1. The van der Waals surface area contributed by atoms with Gasteiger partial charge in [0.15, 0.2) is 0 Å². The van der Waals surface area contributed by atoms with Crippen LogP contribution >= 0.6 is 7.14 Å². The molecule has 3 nitrogen and oxygen atoms in total. The van der Waals surface area contributed by atoms with Crippen LogP contribution in [-0.4, -0.2) is 18.6 Å². The third-order valence-corrected chi connectivity index (χ3v) is 9.45. The molecule has 0 saturated heterocycles. The maximum absolute atomic E-state index is 14.4. The summed E-state index contributed by atoms with van der Waals surface area (Å²) in [6, 6.07) is 26.1. The SMILES string of the molecule is CCCCCCN(CCCCCC)c1ccc(C(=O)P(=O)(c2ccccc2)c2ccccc2)cc1. The van der Waals surface area contributed by atoms with Crippen LogP contribution in [0.1, 0.15) is 75.6 Å². The minimum atomic E-state index is -3.48. The van der Waals surface area contributed by atoms with E-state index >= 15 is 0 Å². The molecule has 0 radical (unpaired) electrons. The molecule has 3 rings (SSSR count). The van der Waals surface area contributed by atoms with Crippen LogP contribution in [0.3, 0.4) is 0 Å². The minimum Gasteiger partial charge on any atom is -0.372 e. The molecule has 0 aliphatic carbocycles. The van der Waals surface area contributed by atoms with Gasteiger partial charge in [0.2, 0.25) is 12.7 Å². The summed E-state index contributed by atoms with van der Waals surface area (Å²) in [5.41, 5.74) is 1.34. The lowest BCUT2D eigenvalue weighted by Gasteiger charge is -2.25. The Labute approximate surface area is 212 Å². The number of carbonyl (C=O) groups excluding carboxylic acids is 1. The Kier molecular flexibility index (Phi) is 10.8. The first-order chi connectivity index (χ1) is 17.1. The van der Waals surface area contributed by atoms with E-state index in [1.807, 2.05) is 60.7 Å². The number of benzene rings is 3. The molecule has 0 aromatic heterocycles. The second kappa shape index (κ2) is 14.0. The van der Waals surface area contributed by atoms with E-state index in [0.29, 0.717) is 16.2 Å². The molecule has 0 amide bonds. The number of anilines is 1. The second-order valence-electron chi connectivity index (χ2n) is 9.24. The summed E-state index contributed by atoms with van der Waals surface area (Å²) in [5, 5.41) is 1.16. The minimum absolute atomic E-state index is 0.307. The lowest BCUT2D eigenvalue weighted by molar-refractivity contribution is 0.107. The summed E-state index contributed by atoms with van der Waals surface area (Å²) in [7, 11) is -3.48. The monoisotopic (exact) mass is 489 g/mol. The third kappa shape index (κ3) is 7.18. The van der Waals surface area contributed by atoms with E-state index in [4.69, 9.17) is 0 Å². The molecular formula is C31H40NO2P. The number of unbranched alkanes of at least 4 members (excludes halogenated alkanes) is 6. The molecule has 3 aromatic rings. The highest BCUT2D eigenvalue weighted by Crippen LogP contribution is 2.46. The van der Waals surface area contributed by atoms with Crippen molar-refractivity contribution in [1.29, 1.82) is 0 Å². The van der Waals surface area contributed by atoms with Gasteiger partial charge in [-0.3, -0.25) is 4.79 Å². The first-order valence-corrected chi connectivity index (χ1v) is 14.9. The molecular weight excluding hydrogens is 449 g/mol. The molecule has 4 heteroatoms. The number of hydrogen-bond donors (Lipinski definition) is 0. The molecule has 0 saturated carbocycles. The molecule has 3 aromatic carbocycles. The van der Waals surface area contributed by atoms with Crippen molar-refractivity contribution in [2.24, 2.45) is 0 Å². The predicted molar refractivity (Wildman–Crippen MR) is 151 cm³/mol. The van der Waals surface area contributed by atoms with Crippen molar-refractivity contribution in [3.8, 4) is 0 Å². The van der Waals surface area contributed by atoms with Gasteiger partial charge in [-0.05, 0) is 37.1 Å². The molecule has 35 heavy (non-hydrogen) atoms. The molecule has 0 aliphatic rings. The Morgan fingerprint density at radius 1 is 0.629 bits per heavy atom. The van der Waals surface area contributed by atoms with Crippen molar-refractivity contribution in [3.63, 3.8) is 0 Å². The summed E-state index contributed by atoms with van der Waals surface area (Å²) >= 11 is 0. The van der Waals surface area contributed by atoms with Crippen LogP contribution < -0.4 is 15.5 Å². The number of hydrogen-bond acceptors (Lipinski definition) is 3. The van der Waals surface area contributed by atoms with Gasteiger partial charge >= 0.3 is 0 Å². The Morgan fingerprint density at radius 3 is 1.51 bits per heavy atom. The maximum atomic E-state index is 14.4. The van der Waals surface area contributed by atoms with Crippen molar-refractivity contribution in [2.45, 2.75) is 65.2 Å².